The first-order valence-corrected chi connectivity index (χ1v) is 7.15. The fraction of sp³-hybridized carbons (Fsp3) is 0.0588. The molecule has 2 aromatic rings. The minimum absolute atomic E-state index is 0.750. The molecule has 0 radical (unpaired) electrons. The Morgan fingerprint density at radius 2 is 1.95 bits per heavy atom. The molecule has 0 bridgehead atoms. The summed E-state index contributed by atoms with van der Waals surface area (Å²) >= 11 is 0. The van der Waals surface area contributed by atoms with Gasteiger partial charge >= 0.3 is 0 Å². The van der Waals surface area contributed by atoms with Crippen LogP contribution in [0.4, 0.5) is 17.1 Å². The van der Waals surface area contributed by atoms with E-state index >= 15 is 0 Å². The Hall–Kier alpha value is -3.08. The van der Waals surface area contributed by atoms with Crippen molar-refractivity contribution in [2.75, 3.05) is 10.7 Å². The molecule has 5 heteroatoms. The lowest BCUT2D eigenvalue weighted by molar-refractivity contribution is 0.922. The van der Waals surface area contributed by atoms with Crippen molar-refractivity contribution in [2.45, 2.75) is 6.42 Å². The average Bonchev–Trinajstić information content (AvgIpc) is 2.59. The van der Waals surface area contributed by atoms with E-state index in [1.165, 1.54) is 0 Å². The number of nitrogens with one attached hydrogen (secondary N) is 3. The van der Waals surface area contributed by atoms with E-state index in [-0.39, 0.29) is 0 Å². The highest BCUT2D eigenvalue weighted by Crippen LogP contribution is 2.33. The van der Waals surface area contributed by atoms with Crippen molar-refractivity contribution in [1.82, 2.24) is 10.4 Å². The van der Waals surface area contributed by atoms with E-state index in [9.17, 15) is 0 Å². The molecule has 22 heavy (non-hydrogen) atoms. The minimum atomic E-state index is 0.750. The zero-order chi connectivity index (χ0) is 14.8. The Morgan fingerprint density at radius 1 is 1.00 bits per heavy atom. The Labute approximate surface area is 128 Å². The number of hydrazine groups is 1. The van der Waals surface area contributed by atoms with Crippen LogP contribution in [0.25, 0.3) is 0 Å². The second-order valence-corrected chi connectivity index (χ2v) is 5.14. The van der Waals surface area contributed by atoms with Crippen LogP contribution in [-0.4, -0.2) is 10.7 Å². The number of fused-ring (bicyclic) bond motifs is 2. The third kappa shape index (κ3) is 2.44. The van der Waals surface area contributed by atoms with Gasteiger partial charge in [0.2, 0.25) is 0 Å². The number of allylic oxidation sites excluding steroid dienone is 4. The summed E-state index contributed by atoms with van der Waals surface area (Å²) in [6, 6.07) is 11.9. The van der Waals surface area contributed by atoms with Crippen molar-refractivity contribution in [1.29, 1.82) is 0 Å². The number of hydrogen-bond acceptors (Lipinski definition) is 5. The zero-order valence-electron chi connectivity index (χ0n) is 11.9. The van der Waals surface area contributed by atoms with E-state index in [4.69, 9.17) is 4.99 Å². The molecule has 1 aliphatic carbocycles. The zero-order valence-corrected chi connectivity index (χ0v) is 11.9. The molecular formula is C17H15N5. The molecule has 0 saturated carbocycles. The molecule has 5 nitrogen and oxygen atoms in total. The van der Waals surface area contributed by atoms with Gasteiger partial charge in [0, 0.05) is 18.3 Å². The summed E-state index contributed by atoms with van der Waals surface area (Å²) in [7, 11) is 0. The largest absolute Gasteiger partial charge is 0.352 e. The maximum atomic E-state index is 4.74. The van der Waals surface area contributed by atoms with Crippen LogP contribution >= 0.6 is 0 Å². The summed E-state index contributed by atoms with van der Waals surface area (Å²) in [4.78, 5) is 8.81. The first kappa shape index (κ1) is 12.6. The highest BCUT2D eigenvalue weighted by atomic mass is 15.4. The van der Waals surface area contributed by atoms with Gasteiger partial charge in [-0.3, -0.25) is 10.4 Å². The lowest BCUT2D eigenvalue weighted by Crippen LogP contribution is -2.27. The van der Waals surface area contributed by atoms with Crippen LogP contribution in [0.5, 0.6) is 0 Å². The van der Waals surface area contributed by atoms with Crippen LogP contribution in [0, 0.1) is 0 Å². The number of para-hydroxylation sites is 2. The number of pyridine rings is 1. The van der Waals surface area contributed by atoms with Gasteiger partial charge in [-0.15, -0.1) is 0 Å². The number of rotatable bonds is 3. The Morgan fingerprint density at radius 3 is 2.86 bits per heavy atom. The van der Waals surface area contributed by atoms with E-state index in [1.54, 1.807) is 12.4 Å². The monoisotopic (exact) mass is 289 g/mol. The van der Waals surface area contributed by atoms with Crippen molar-refractivity contribution in [3.8, 4) is 0 Å². The molecule has 108 valence electrons. The first-order chi connectivity index (χ1) is 10.9. The summed E-state index contributed by atoms with van der Waals surface area (Å²) in [6.07, 6.45) is 8.37. The molecule has 1 aliphatic heterocycles. The van der Waals surface area contributed by atoms with Crippen LogP contribution < -0.4 is 16.2 Å². The average molecular weight is 289 g/mol. The minimum Gasteiger partial charge on any atom is -0.352 e. The maximum Gasteiger partial charge on any atom is 0.0868 e. The molecule has 0 fully saturated rings. The summed E-state index contributed by atoms with van der Waals surface area (Å²) in [5, 5.41) is 3.42. The highest BCUT2D eigenvalue weighted by molar-refractivity contribution is 6.09. The fourth-order valence-electron chi connectivity index (χ4n) is 2.47. The fourth-order valence-corrected chi connectivity index (χ4v) is 2.47. The maximum absolute atomic E-state index is 4.74. The normalized spacial score (nSPS) is 15.4. The summed E-state index contributed by atoms with van der Waals surface area (Å²) in [5.74, 6) is 0. The summed E-state index contributed by atoms with van der Waals surface area (Å²) in [5.41, 5.74) is 12.5. The second-order valence-electron chi connectivity index (χ2n) is 5.14. The molecule has 0 atom stereocenters. The van der Waals surface area contributed by atoms with Crippen molar-refractivity contribution in [3.63, 3.8) is 0 Å². The number of aromatic nitrogens is 1. The molecular weight excluding hydrogens is 274 g/mol. The third-order valence-electron chi connectivity index (χ3n) is 3.58. The SMILES string of the molecule is C1=C(NNc2cccnc2)CC2=Nc3ccccc3NC2=C1. The van der Waals surface area contributed by atoms with Gasteiger partial charge in [-0.2, -0.15) is 0 Å². The van der Waals surface area contributed by atoms with Gasteiger partial charge < -0.3 is 10.7 Å². The molecule has 0 amide bonds. The van der Waals surface area contributed by atoms with E-state index in [1.807, 2.05) is 42.5 Å². The standard InChI is InChI=1S/C17H15N5/c1-2-6-15-14(5-1)19-16-8-7-12(10-17(16)20-15)21-22-13-4-3-9-18-11-13/h1-9,11,19,21-22H,10H2. The molecule has 1 aromatic heterocycles. The predicted octanol–water partition coefficient (Wildman–Crippen LogP) is 3.37. The van der Waals surface area contributed by atoms with Gasteiger partial charge in [0.1, 0.15) is 0 Å². The van der Waals surface area contributed by atoms with Gasteiger partial charge in [0.25, 0.3) is 0 Å². The lowest BCUT2D eigenvalue weighted by atomic mass is 10.0. The molecule has 0 unspecified atom stereocenters. The lowest BCUT2D eigenvalue weighted by Gasteiger charge is -2.24. The van der Waals surface area contributed by atoms with Crippen LogP contribution in [-0.2, 0) is 0 Å². The van der Waals surface area contributed by atoms with E-state index in [2.05, 4.69) is 27.2 Å². The van der Waals surface area contributed by atoms with Crippen molar-refractivity contribution in [2.24, 2.45) is 4.99 Å². The van der Waals surface area contributed by atoms with Crippen LogP contribution in [0.2, 0.25) is 0 Å². The van der Waals surface area contributed by atoms with Gasteiger partial charge in [0.05, 0.1) is 34.7 Å². The topological polar surface area (TPSA) is 61.3 Å². The smallest absolute Gasteiger partial charge is 0.0868 e. The van der Waals surface area contributed by atoms with Crippen LogP contribution in [0.3, 0.4) is 0 Å². The van der Waals surface area contributed by atoms with Gasteiger partial charge in [0.15, 0.2) is 0 Å². The number of aliphatic imine (C=N–C) groups is 1. The molecule has 2 aliphatic rings. The number of benzene rings is 1. The summed E-state index contributed by atoms with van der Waals surface area (Å²) < 4.78 is 0. The Bertz CT molecular complexity index is 790. The van der Waals surface area contributed by atoms with E-state index in [0.717, 1.165) is 40.6 Å². The van der Waals surface area contributed by atoms with E-state index < -0.39 is 0 Å². The quantitative estimate of drug-likeness (QED) is 0.758. The first-order valence-electron chi connectivity index (χ1n) is 7.15. The second kappa shape index (κ2) is 5.37. The van der Waals surface area contributed by atoms with Gasteiger partial charge in [-0.1, -0.05) is 12.1 Å². The molecule has 0 spiro atoms. The third-order valence-corrected chi connectivity index (χ3v) is 3.58. The van der Waals surface area contributed by atoms with Gasteiger partial charge in [-0.05, 0) is 36.4 Å². The predicted molar refractivity (Wildman–Crippen MR) is 88.9 cm³/mol. The van der Waals surface area contributed by atoms with Crippen molar-refractivity contribution >= 4 is 22.8 Å². The number of hydrogen-bond donors (Lipinski definition) is 3. The number of anilines is 2. The Balaban J connectivity index is 1.51. The van der Waals surface area contributed by atoms with Crippen molar-refractivity contribution < 1.29 is 0 Å². The Kier molecular flexibility index (Phi) is 3.08. The van der Waals surface area contributed by atoms with E-state index in [0.29, 0.717) is 0 Å². The highest BCUT2D eigenvalue weighted by Gasteiger charge is 2.19. The molecule has 2 heterocycles. The number of nitrogens with zero attached hydrogens (tertiary/aromatic N) is 2. The molecule has 3 N–H and O–H groups in total. The van der Waals surface area contributed by atoms with Crippen LogP contribution in [0.1, 0.15) is 6.42 Å². The van der Waals surface area contributed by atoms with Crippen LogP contribution in [0.15, 0.2) is 77.3 Å². The summed E-state index contributed by atoms with van der Waals surface area (Å²) in [6.45, 7) is 0. The van der Waals surface area contributed by atoms with Crippen molar-refractivity contribution in [3.05, 3.63) is 72.3 Å². The molecule has 4 rings (SSSR count). The molecule has 0 saturated heterocycles. The van der Waals surface area contributed by atoms with Gasteiger partial charge in [-0.25, -0.2) is 4.99 Å². The molecule has 1 aromatic carbocycles.